The Bertz CT molecular complexity index is 1000. The number of ether oxygens (including phenoxy) is 3. The quantitative estimate of drug-likeness (QED) is 0.290. The van der Waals surface area contributed by atoms with Crippen molar-refractivity contribution in [3.05, 3.63) is 34.9 Å². The van der Waals surface area contributed by atoms with Crippen LogP contribution >= 0.6 is 11.6 Å². The normalized spacial score (nSPS) is 27.9. The van der Waals surface area contributed by atoms with Crippen molar-refractivity contribution in [3.8, 4) is 0 Å². The zero-order chi connectivity index (χ0) is 28.7. The van der Waals surface area contributed by atoms with Gasteiger partial charge in [-0.15, -0.1) is 0 Å². The van der Waals surface area contributed by atoms with Crippen molar-refractivity contribution in [2.24, 2.45) is 16.8 Å². The van der Waals surface area contributed by atoms with Crippen molar-refractivity contribution in [1.29, 1.82) is 0 Å². The third-order valence-corrected chi connectivity index (χ3v) is 9.54. The molecule has 3 atom stereocenters. The minimum absolute atomic E-state index is 0.123. The summed E-state index contributed by atoms with van der Waals surface area (Å²) in [6, 6.07) is 8.83. The van der Waals surface area contributed by atoms with Crippen LogP contribution in [0.4, 0.5) is 4.79 Å². The zero-order valence-electron chi connectivity index (χ0n) is 24.5. The minimum atomic E-state index is -1.16. The molecule has 4 rings (SSSR count). The van der Waals surface area contributed by atoms with E-state index >= 15 is 0 Å². The van der Waals surface area contributed by atoms with Crippen LogP contribution in [-0.2, 0) is 19.0 Å². The molecule has 8 nitrogen and oxygen atoms in total. The smallest absolute Gasteiger partial charge is 0.469 e. The number of carbonyl (C=O) groups is 2. The molecule has 2 fully saturated rings. The molecule has 3 unspecified atom stereocenters. The molecule has 9 heteroatoms. The molecule has 2 aliphatic carbocycles. The number of hydrogen-bond donors (Lipinski definition) is 0. The van der Waals surface area contributed by atoms with Crippen molar-refractivity contribution >= 4 is 30.1 Å². The van der Waals surface area contributed by atoms with Crippen LogP contribution in [0, 0.1) is 11.8 Å². The number of benzene rings is 1. The summed E-state index contributed by atoms with van der Waals surface area (Å²) in [5, 5.41) is 0.760. The topological polar surface area (TPSA) is 80.7 Å². The molecule has 1 heterocycles. The Labute approximate surface area is 244 Å². The molecule has 0 aromatic heterocycles. The monoisotopic (exact) mass is 575 g/mol. The summed E-state index contributed by atoms with van der Waals surface area (Å²) in [5.74, 6) is 0.688. The second-order valence-electron chi connectivity index (χ2n) is 12.0. The predicted molar refractivity (Wildman–Crippen MR) is 156 cm³/mol. The van der Waals surface area contributed by atoms with Crippen molar-refractivity contribution in [2.45, 2.75) is 101 Å². The number of methoxy groups -OCH3 is 2. The second kappa shape index (κ2) is 14.0. The number of carbonyl (C=O) groups excluding carboxylic acids is 2. The second-order valence-corrected chi connectivity index (χ2v) is 12.4. The molecule has 0 N–H and O–H groups in total. The van der Waals surface area contributed by atoms with Gasteiger partial charge in [0.25, 0.3) is 0 Å². The Kier molecular flexibility index (Phi) is 10.7. The summed E-state index contributed by atoms with van der Waals surface area (Å²) in [6.45, 7) is 0. The summed E-state index contributed by atoms with van der Waals surface area (Å²) in [6.07, 6.45) is 12.7. The summed E-state index contributed by atoms with van der Waals surface area (Å²) >= 11 is 6.17. The van der Waals surface area contributed by atoms with E-state index in [1.54, 1.807) is 0 Å². The molecular formula is C31H46ClN3O5. The molecule has 2 saturated carbocycles. The average molecular weight is 576 g/mol. The van der Waals surface area contributed by atoms with E-state index in [1.165, 1.54) is 39.0 Å². The Morgan fingerprint density at radius 2 is 1.70 bits per heavy atom. The van der Waals surface area contributed by atoms with Gasteiger partial charge in [0.1, 0.15) is 0 Å². The molecule has 0 spiro atoms. The highest BCUT2D eigenvalue weighted by molar-refractivity contribution is 6.30. The molecule has 1 aromatic carbocycles. The molecular weight excluding hydrogens is 530 g/mol. The maximum absolute atomic E-state index is 12.5. The standard InChI is InChI=1S/C31H46ClN3O5/c1-34(2)29(24-14-16-25(32)17-15-24)23-12-10-22(11-13-23)20-27-31(40-30(37)39-4,19-18-28(36)38-3)33-21-35(27)26-8-6-5-7-9-26/h14-17,21-23,26-27,29H,5-13,18-20H2,1-4H3. The van der Waals surface area contributed by atoms with E-state index in [4.69, 9.17) is 30.8 Å². The number of halogens is 1. The first-order chi connectivity index (χ1) is 19.3. The lowest BCUT2D eigenvalue weighted by atomic mass is 9.73. The van der Waals surface area contributed by atoms with Crippen molar-refractivity contribution < 1.29 is 23.8 Å². The highest BCUT2D eigenvalue weighted by Crippen LogP contribution is 2.45. The average Bonchev–Trinajstić information content (AvgIpc) is 3.31. The molecule has 0 saturated heterocycles. The summed E-state index contributed by atoms with van der Waals surface area (Å²) in [5.41, 5.74) is 0.143. The Morgan fingerprint density at radius 1 is 1.02 bits per heavy atom. The third-order valence-electron chi connectivity index (χ3n) is 9.29. The van der Waals surface area contributed by atoms with Gasteiger partial charge in [-0.1, -0.05) is 55.8 Å². The van der Waals surface area contributed by atoms with Gasteiger partial charge in [0.15, 0.2) is 0 Å². The molecule has 0 bridgehead atoms. The third kappa shape index (κ3) is 7.30. The number of aliphatic imine (C=N–C) groups is 1. The van der Waals surface area contributed by atoms with Gasteiger partial charge in [0, 0.05) is 23.5 Å². The largest absolute Gasteiger partial charge is 0.510 e. The van der Waals surface area contributed by atoms with Crippen LogP contribution in [-0.4, -0.2) is 74.4 Å². The van der Waals surface area contributed by atoms with Crippen LogP contribution in [0.2, 0.25) is 5.02 Å². The fraction of sp³-hybridized carbons (Fsp3) is 0.710. The van der Waals surface area contributed by atoms with Gasteiger partial charge in [-0.2, -0.15) is 0 Å². The van der Waals surface area contributed by atoms with E-state index in [-0.39, 0.29) is 24.9 Å². The van der Waals surface area contributed by atoms with Gasteiger partial charge in [-0.25, -0.2) is 9.79 Å². The molecule has 1 aromatic rings. The lowest BCUT2D eigenvalue weighted by molar-refractivity contribution is -0.143. The van der Waals surface area contributed by atoms with Gasteiger partial charge in [0.2, 0.25) is 5.72 Å². The van der Waals surface area contributed by atoms with E-state index in [1.807, 2.05) is 18.5 Å². The summed E-state index contributed by atoms with van der Waals surface area (Å²) in [7, 11) is 7.00. The maximum atomic E-state index is 12.5. The van der Waals surface area contributed by atoms with Crippen LogP contribution in [0.15, 0.2) is 29.3 Å². The molecule has 0 amide bonds. The summed E-state index contributed by atoms with van der Waals surface area (Å²) in [4.78, 5) is 34.2. The molecule has 0 radical (unpaired) electrons. The molecule has 222 valence electrons. The van der Waals surface area contributed by atoms with Crippen LogP contribution in [0.3, 0.4) is 0 Å². The van der Waals surface area contributed by atoms with E-state index in [0.29, 0.717) is 23.9 Å². The molecule has 1 aliphatic heterocycles. The Balaban J connectivity index is 1.51. The minimum Gasteiger partial charge on any atom is -0.469 e. The molecule has 3 aliphatic rings. The fourth-order valence-electron chi connectivity index (χ4n) is 7.25. The van der Waals surface area contributed by atoms with E-state index < -0.39 is 11.9 Å². The first-order valence-corrected chi connectivity index (χ1v) is 15.2. The fourth-order valence-corrected chi connectivity index (χ4v) is 7.38. The zero-order valence-corrected chi connectivity index (χ0v) is 25.3. The number of rotatable bonds is 10. The maximum Gasteiger partial charge on any atom is 0.510 e. The van der Waals surface area contributed by atoms with Crippen molar-refractivity contribution in [3.63, 3.8) is 0 Å². The highest BCUT2D eigenvalue weighted by Gasteiger charge is 2.51. The number of nitrogens with zero attached hydrogens (tertiary/aromatic N) is 3. The first kappa shape index (κ1) is 30.6. The van der Waals surface area contributed by atoms with Gasteiger partial charge in [0.05, 0.1) is 33.0 Å². The number of esters is 1. The SMILES string of the molecule is COC(=O)CCC1(OC(=O)OC)N=CN(C2CCCCC2)C1CC1CCC(C(c2ccc(Cl)cc2)N(C)C)CC1. The Morgan fingerprint density at radius 3 is 2.30 bits per heavy atom. The number of hydrogen-bond acceptors (Lipinski definition) is 8. The first-order valence-electron chi connectivity index (χ1n) is 14.8. The Hall–Kier alpha value is -2.32. The van der Waals surface area contributed by atoms with Crippen LogP contribution < -0.4 is 0 Å². The van der Waals surface area contributed by atoms with E-state index in [9.17, 15) is 9.59 Å². The van der Waals surface area contributed by atoms with E-state index in [0.717, 1.165) is 50.0 Å². The van der Waals surface area contributed by atoms with Crippen LogP contribution in [0.25, 0.3) is 0 Å². The van der Waals surface area contributed by atoms with Gasteiger partial charge in [-0.3, -0.25) is 4.79 Å². The highest BCUT2D eigenvalue weighted by atomic mass is 35.5. The lowest BCUT2D eigenvalue weighted by Gasteiger charge is -2.44. The van der Waals surface area contributed by atoms with Crippen LogP contribution in [0.5, 0.6) is 0 Å². The van der Waals surface area contributed by atoms with Gasteiger partial charge >= 0.3 is 12.1 Å². The van der Waals surface area contributed by atoms with Crippen LogP contribution in [0.1, 0.15) is 88.7 Å². The van der Waals surface area contributed by atoms with Gasteiger partial charge in [-0.05, 0) is 75.7 Å². The van der Waals surface area contributed by atoms with Gasteiger partial charge < -0.3 is 24.0 Å². The predicted octanol–water partition coefficient (Wildman–Crippen LogP) is 6.62. The summed E-state index contributed by atoms with van der Waals surface area (Å²) < 4.78 is 15.8. The van der Waals surface area contributed by atoms with E-state index in [2.05, 4.69) is 36.0 Å². The molecule has 40 heavy (non-hydrogen) atoms. The lowest BCUT2D eigenvalue weighted by Crippen LogP contribution is -2.53. The van der Waals surface area contributed by atoms with Crippen molar-refractivity contribution in [2.75, 3.05) is 28.3 Å². The van der Waals surface area contributed by atoms with Crippen molar-refractivity contribution in [1.82, 2.24) is 9.80 Å².